The fourth-order valence-electron chi connectivity index (χ4n) is 3.12. The number of aromatic nitrogens is 1. The largest absolute Gasteiger partial charge is 0.278 e. The molecule has 0 amide bonds. The molecule has 0 saturated heterocycles. The first-order valence-corrected chi connectivity index (χ1v) is 12.5. The van der Waals surface area contributed by atoms with Gasteiger partial charge in [0.15, 0.2) is 0 Å². The molecule has 6 nitrogen and oxygen atoms in total. The first kappa shape index (κ1) is 21.3. The number of nitrogens with zero attached hydrogens (tertiary/aromatic N) is 1. The lowest BCUT2D eigenvalue weighted by atomic mass is 10.2. The summed E-state index contributed by atoms with van der Waals surface area (Å²) in [6.45, 7) is 1.60. The second kappa shape index (κ2) is 7.96. The molecule has 0 aliphatic carbocycles. The lowest BCUT2D eigenvalue weighted by Crippen LogP contribution is -2.15. The van der Waals surface area contributed by atoms with Gasteiger partial charge in [-0.1, -0.05) is 35.9 Å². The Bertz CT molecular complexity index is 1500. The maximum Gasteiger partial charge on any atom is 0.262 e. The van der Waals surface area contributed by atoms with Gasteiger partial charge in [0.2, 0.25) is 9.84 Å². The van der Waals surface area contributed by atoms with Gasteiger partial charge < -0.3 is 0 Å². The summed E-state index contributed by atoms with van der Waals surface area (Å²) in [6, 6.07) is 18.7. The van der Waals surface area contributed by atoms with E-state index >= 15 is 0 Å². The molecular formula is C22H17ClN2O4S2. The minimum absolute atomic E-state index is 0.0239. The fraction of sp³-hybridized carbons (Fsp3) is 0.0455. The van der Waals surface area contributed by atoms with Gasteiger partial charge in [-0.3, -0.25) is 9.71 Å². The van der Waals surface area contributed by atoms with Crippen LogP contribution in [0.4, 0.5) is 5.69 Å². The molecule has 0 radical (unpaired) electrons. The van der Waals surface area contributed by atoms with Gasteiger partial charge >= 0.3 is 0 Å². The van der Waals surface area contributed by atoms with Gasteiger partial charge in [-0.05, 0) is 61.0 Å². The van der Waals surface area contributed by atoms with E-state index in [9.17, 15) is 16.8 Å². The molecule has 3 aromatic carbocycles. The molecule has 0 aliphatic heterocycles. The topological polar surface area (TPSA) is 93.2 Å². The summed E-state index contributed by atoms with van der Waals surface area (Å²) in [6.07, 6.45) is 1.42. The molecular weight excluding hydrogens is 456 g/mol. The number of para-hydroxylation sites is 1. The van der Waals surface area contributed by atoms with E-state index in [1.807, 2.05) is 24.3 Å². The minimum atomic E-state index is -4.06. The van der Waals surface area contributed by atoms with Crippen LogP contribution in [0, 0.1) is 6.92 Å². The third-order valence-electron chi connectivity index (χ3n) is 4.73. The molecule has 4 rings (SSSR count). The highest BCUT2D eigenvalue weighted by molar-refractivity contribution is 7.93. The van der Waals surface area contributed by atoms with E-state index in [-0.39, 0.29) is 20.4 Å². The first-order valence-electron chi connectivity index (χ1n) is 9.16. The van der Waals surface area contributed by atoms with E-state index in [1.165, 1.54) is 42.6 Å². The average molecular weight is 473 g/mol. The Labute approximate surface area is 185 Å². The lowest BCUT2D eigenvalue weighted by molar-refractivity contribution is 0.595. The van der Waals surface area contributed by atoms with Gasteiger partial charge in [0.05, 0.1) is 32.1 Å². The van der Waals surface area contributed by atoms with Crippen LogP contribution in [0.3, 0.4) is 0 Å². The van der Waals surface area contributed by atoms with Crippen molar-refractivity contribution in [2.45, 2.75) is 21.6 Å². The Morgan fingerprint density at radius 3 is 2.26 bits per heavy atom. The van der Waals surface area contributed by atoms with Crippen molar-refractivity contribution in [2.75, 3.05) is 4.72 Å². The maximum atomic E-state index is 13.1. The zero-order valence-corrected chi connectivity index (χ0v) is 18.7. The Morgan fingerprint density at radius 2 is 1.52 bits per heavy atom. The van der Waals surface area contributed by atoms with Crippen LogP contribution >= 0.6 is 11.6 Å². The zero-order chi connectivity index (χ0) is 22.2. The molecule has 158 valence electrons. The van der Waals surface area contributed by atoms with Gasteiger partial charge in [-0.15, -0.1) is 0 Å². The summed E-state index contributed by atoms with van der Waals surface area (Å²) < 4.78 is 54.6. The van der Waals surface area contributed by atoms with E-state index in [0.717, 1.165) is 17.0 Å². The Hall–Kier alpha value is -2.94. The number of fused-ring (bicyclic) bond motifs is 1. The number of halogens is 1. The molecule has 0 saturated carbocycles. The molecule has 4 aromatic rings. The number of anilines is 1. The number of rotatable bonds is 5. The predicted octanol–water partition coefficient (Wildman–Crippen LogP) is 4.83. The van der Waals surface area contributed by atoms with E-state index < -0.39 is 19.9 Å². The summed E-state index contributed by atoms with van der Waals surface area (Å²) in [5.41, 5.74) is 1.43. The number of benzene rings is 3. The van der Waals surface area contributed by atoms with Crippen LogP contribution in [-0.2, 0) is 19.9 Å². The van der Waals surface area contributed by atoms with Gasteiger partial charge in [0.25, 0.3) is 10.0 Å². The van der Waals surface area contributed by atoms with E-state index in [4.69, 9.17) is 11.6 Å². The molecule has 31 heavy (non-hydrogen) atoms. The third kappa shape index (κ3) is 4.27. The molecule has 9 heteroatoms. The highest BCUT2D eigenvalue weighted by atomic mass is 35.5. The summed E-state index contributed by atoms with van der Waals surface area (Å²) in [5, 5.41) is 1.18. The number of nitrogens with one attached hydrogen (secondary N) is 1. The van der Waals surface area contributed by atoms with Gasteiger partial charge in [0, 0.05) is 10.4 Å². The number of hydrogen-bond donors (Lipinski definition) is 1. The molecule has 1 heterocycles. The summed E-state index contributed by atoms with van der Waals surface area (Å²) >= 11 is 5.84. The number of hydrogen-bond acceptors (Lipinski definition) is 5. The van der Waals surface area contributed by atoms with Crippen LogP contribution in [0.5, 0.6) is 0 Å². The van der Waals surface area contributed by atoms with Crippen molar-refractivity contribution in [1.29, 1.82) is 0 Å². The molecule has 0 unspecified atom stereocenters. The SMILES string of the molecule is Cc1ccc(S(=O)(=O)c2ccc(Cl)cc2)cc1S(=O)(=O)Nc1cnc2ccccc2c1. The van der Waals surface area contributed by atoms with Crippen molar-refractivity contribution >= 4 is 48.1 Å². The van der Waals surface area contributed by atoms with Crippen molar-refractivity contribution in [2.24, 2.45) is 0 Å². The fourth-order valence-corrected chi connectivity index (χ4v) is 5.92. The Balaban J connectivity index is 1.73. The van der Waals surface area contributed by atoms with E-state index in [0.29, 0.717) is 10.6 Å². The highest BCUT2D eigenvalue weighted by Gasteiger charge is 2.23. The van der Waals surface area contributed by atoms with Crippen LogP contribution in [0.25, 0.3) is 10.9 Å². The number of pyridine rings is 1. The number of aryl methyl sites for hydroxylation is 1. The summed E-state index contributed by atoms with van der Waals surface area (Å²) in [7, 11) is -7.98. The number of sulfonamides is 1. The molecule has 0 atom stereocenters. The summed E-state index contributed by atoms with van der Waals surface area (Å²) in [4.78, 5) is 4.02. The zero-order valence-electron chi connectivity index (χ0n) is 16.3. The minimum Gasteiger partial charge on any atom is -0.278 e. The van der Waals surface area contributed by atoms with Gasteiger partial charge in [-0.2, -0.15) is 0 Å². The second-order valence-corrected chi connectivity index (χ2v) is 10.9. The number of sulfone groups is 1. The van der Waals surface area contributed by atoms with Crippen LogP contribution in [0.2, 0.25) is 5.02 Å². The quantitative estimate of drug-likeness (QED) is 0.449. The molecule has 0 bridgehead atoms. The first-order chi connectivity index (χ1) is 14.7. The van der Waals surface area contributed by atoms with Crippen molar-refractivity contribution < 1.29 is 16.8 Å². The van der Waals surface area contributed by atoms with Crippen molar-refractivity contribution in [3.05, 3.63) is 89.6 Å². The molecule has 0 fully saturated rings. The van der Waals surface area contributed by atoms with E-state index in [1.54, 1.807) is 13.0 Å². The maximum absolute atomic E-state index is 13.1. The highest BCUT2D eigenvalue weighted by Crippen LogP contribution is 2.28. The van der Waals surface area contributed by atoms with Crippen LogP contribution in [0.1, 0.15) is 5.56 Å². The third-order valence-corrected chi connectivity index (χ3v) is 8.27. The second-order valence-electron chi connectivity index (χ2n) is 6.91. The van der Waals surface area contributed by atoms with E-state index in [2.05, 4.69) is 9.71 Å². The van der Waals surface area contributed by atoms with Crippen molar-refractivity contribution in [3.8, 4) is 0 Å². The normalized spacial score (nSPS) is 12.1. The standard InChI is InChI=1S/C22H17ClN2O4S2/c1-15-6-9-20(30(26,27)19-10-7-17(23)8-11-19)13-22(15)31(28,29)25-18-12-16-4-2-3-5-21(16)24-14-18/h2-14,25H,1H3. The van der Waals surface area contributed by atoms with Crippen molar-refractivity contribution in [3.63, 3.8) is 0 Å². The van der Waals surface area contributed by atoms with Gasteiger partial charge in [-0.25, -0.2) is 16.8 Å². The molecule has 1 N–H and O–H groups in total. The Kier molecular flexibility index (Phi) is 5.47. The van der Waals surface area contributed by atoms with Crippen LogP contribution in [-0.4, -0.2) is 21.8 Å². The molecule has 0 aliphatic rings. The smallest absolute Gasteiger partial charge is 0.262 e. The molecule has 1 aromatic heterocycles. The van der Waals surface area contributed by atoms with Gasteiger partial charge in [0.1, 0.15) is 0 Å². The lowest BCUT2D eigenvalue weighted by Gasteiger charge is -2.13. The average Bonchev–Trinajstić information content (AvgIpc) is 2.73. The monoisotopic (exact) mass is 472 g/mol. The summed E-state index contributed by atoms with van der Waals surface area (Å²) in [5.74, 6) is 0. The van der Waals surface area contributed by atoms with Crippen molar-refractivity contribution in [1.82, 2.24) is 4.98 Å². The van der Waals surface area contributed by atoms with Crippen LogP contribution in [0.15, 0.2) is 93.7 Å². The van der Waals surface area contributed by atoms with Crippen LogP contribution < -0.4 is 4.72 Å². The molecule has 0 spiro atoms. The predicted molar refractivity (Wildman–Crippen MR) is 121 cm³/mol. The Morgan fingerprint density at radius 1 is 0.839 bits per heavy atom.